The first-order valence-electron chi connectivity index (χ1n) is 10.4. The van der Waals surface area contributed by atoms with Crippen LogP contribution < -0.4 is 15.1 Å². The van der Waals surface area contributed by atoms with Crippen molar-refractivity contribution in [3.63, 3.8) is 0 Å². The van der Waals surface area contributed by atoms with E-state index >= 15 is 0 Å². The maximum atomic E-state index is 5.74. The Labute approximate surface area is 168 Å². The quantitative estimate of drug-likeness (QED) is 0.384. The van der Waals surface area contributed by atoms with E-state index in [2.05, 4.69) is 32.3 Å². The van der Waals surface area contributed by atoms with Gasteiger partial charge in [-0.3, -0.25) is 5.43 Å². The number of hydrazone groups is 1. The van der Waals surface area contributed by atoms with E-state index in [1.165, 1.54) is 32.1 Å². The lowest BCUT2D eigenvalue weighted by Gasteiger charge is -2.27. The fraction of sp³-hybridized carbons (Fsp3) is 0.500. The third-order valence-corrected chi connectivity index (χ3v) is 4.79. The normalized spacial score (nSPS) is 14.4. The molecule has 1 aromatic carbocycles. The molecule has 2 aromatic rings. The highest BCUT2D eigenvalue weighted by molar-refractivity contribution is 5.80. The second-order valence-corrected chi connectivity index (χ2v) is 7.20. The lowest BCUT2D eigenvalue weighted by atomic mass is 10.1. The molecule has 0 radical (unpaired) electrons. The molecule has 3 rings (SSSR count). The first-order chi connectivity index (χ1) is 13.7. The Bertz CT molecular complexity index is 754. The second kappa shape index (κ2) is 10.6. The summed E-state index contributed by atoms with van der Waals surface area (Å²) >= 11 is 0. The number of hydrogen-bond donors (Lipinski definition) is 1. The summed E-state index contributed by atoms with van der Waals surface area (Å²) in [6, 6.07) is 9.95. The average molecular weight is 382 g/mol. The van der Waals surface area contributed by atoms with E-state index in [1.807, 2.05) is 37.3 Å². The van der Waals surface area contributed by atoms with Gasteiger partial charge in [0, 0.05) is 19.2 Å². The molecule has 1 aliphatic rings. The molecule has 0 aliphatic carbocycles. The summed E-state index contributed by atoms with van der Waals surface area (Å²) < 4.78 is 5.74. The minimum Gasteiger partial charge on any atom is -0.494 e. The molecule has 1 N–H and O–H groups in total. The Balaban J connectivity index is 1.54. The highest BCUT2D eigenvalue weighted by Gasteiger charge is 2.13. The summed E-state index contributed by atoms with van der Waals surface area (Å²) in [6.45, 7) is 7.01. The molecule has 0 saturated carbocycles. The van der Waals surface area contributed by atoms with Crippen LogP contribution in [0.3, 0.4) is 0 Å². The monoisotopic (exact) mass is 381 g/mol. The van der Waals surface area contributed by atoms with Crippen molar-refractivity contribution in [1.82, 2.24) is 9.97 Å². The van der Waals surface area contributed by atoms with Gasteiger partial charge in [-0.05, 0) is 62.4 Å². The summed E-state index contributed by atoms with van der Waals surface area (Å²) in [4.78, 5) is 11.3. The summed E-state index contributed by atoms with van der Waals surface area (Å²) in [5, 5.41) is 4.33. The fourth-order valence-corrected chi connectivity index (χ4v) is 3.26. The molecule has 1 fully saturated rings. The Hall–Kier alpha value is -2.63. The summed E-state index contributed by atoms with van der Waals surface area (Å²) in [5.74, 6) is 3.36. The lowest BCUT2D eigenvalue weighted by molar-refractivity contribution is 0.306. The number of hydrogen-bond acceptors (Lipinski definition) is 6. The molecule has 2 heterocycles. The molecule has 150 valence electrons. The van der Waals surface area contributed by atoms with E-state index in [4.69, 9.17) is 4.74 Å². The highest BCUT2D eigenvalue weighted by Crippen LogP contribution is 2.20. The number of unbranched alkanes of at least 4 members (excludes halogenated alkanes) is 2. The van der Waals surface area contributed by atoms with E-state index in [9.17, 15) is 0 Å². The van der Waals surface area contributed by atoms with Crippen LogP contribution in [-0.4, -0.2) is 35.9 Å². The molecule has 28 heavy (non-hydrogen) atoms. The first kappa shape index (κ1) is 20.1. The Morgan fingerprint density at radius 1 is 1.11 bits per heavy atom. The van der Waals surface area contributed by atoms with Gasteiger partial charge in [0.05, 0.1) is 12.8 Å². The standard InChI is InChI=1S/C22H31N5O/c1-3-4-8-15-28-20-11-9-19(10-12-20)17-23-26-21-16-22(25-18(2)24-21)27-13-6-5-7-14-27/h9-12,16-17H,3-8,13-15H2,1-2H3,(H,24,25,26). The van der Waals surface area contributed by atoms with Gasteiger partial charge in [-0.15, -0.1) is 0 Å². The molecule has 0 atom stereocenters. The van der Waals surface area contributed by atoms with Crippen LogP contribution in [-0.2, 0) is 0 Å². The van der Waals surface area contributed by atoms with E-state index in [1.54, 1.807) is 6.21 Å². The van der Waals surface area contributed by atoms with Crippen molar-refractivity contribution in [1.29, 1.82) is 0 Å². The van der Waals surface area contributed by atoms with Crippen LogP contribution in [0.15, 0.2) is 35.4 Å². The van der Waals surface area contributed by atoms with E-state index < -0.39 is 0 Å². The maximum Gasteiger partial charge on any atom is 0.152 e. The second-order valence-electron chi connectivity index (χ2n) is 7.20. The van der Waals surface area contributed by atoms with Gasteiger partial charge < -0.3 is 9.64 Å². The van der Waals surface area contributed by atoms with Gasteiger partial charge in [0.2, 0.25) is 0 Å². The van der Waals surface area contributed by atoms with Gasteiger partial charge in [0.25, 0.3) is 0 Å². The van der Waals surface area contributed by atoms with Crippen molar-refractivity contribution < 1.29 is 4.74 Å². The van der Waals surface area contributed by atoms with E-state index in [-0.39, 0.29) is 0 Å². The van der Waals surface area contributed by atoms with Crippen LogP contribution in [0.25, 0.3) is 0 Å². The smallest absolute Gasteiger partial charge is 0.152 e. The molecule has 0 bridgehead atoms. The molecule has 1 aliphatic heterocycles. The van der Waals surface area contributed by atoms with Crippen LogP contribution in [0.5, 0.6) is 5.75 Å². The molecule has 0 amide bonds. The van der Waals surface area contributed by atoms with Gasteiger partial charge in [0.15, 0.2) is 5.82 Å². The zero-order valence-electron chi connectivity index (χ0n) is 17.0. The number of ether oxygens (including phenoxy) is 1. The molecule has 6 heteroatoms. The fourth-order valence-electron chi connectivity index (χ4n) is 3.26. The van der Waals surface area contributed by atoms with Crippen LogP contribution in [0.2, 0.25) is 0 Å². The third kappa shape index (κ3) is 6.22. The summed E-state index contributed by atoms with van der Waals surface area (Å²) in [6.07, 6.45) is 9.05. The van der Waals surface area contributed by atoms with E-state index in [0.717, 1.165) is 54.9 Å². The predicted octanol–water partition coefficient (Wildman–Crippen LogP) is 4.79. The number of benzene rings is 1. The number of anilines is 2. The molecule has 1 saturated heterocycles. The summed E-state index contributed by atoms with van der Waals surface area (Å²) in [7, 11) is 0. The molecule has 0 spiro atoms. The first-order valence-corrected chi connectivity index (χ1v) is 10.4. The molecule has 1 aromatic heterocycles. The number of rotatable bonds is 9. The molecule has 6 nitrogen and oxygen atoms in total. The Kier molecular flexibility index (Phi) is 7.64. The number of nitrogens with zero attached hydrogens (tertiary/aromatic N) is 4. The van der Waals surface area contributed by atoms with Gasteiger partial charge >= 0.3 is 0 Å². The van der Waals surface area contributed by atoms with Gasteiger partial charge in [-0.1, -0.05) is 19.8 Å². The largest absolute Gasteiger partial charge is 0.494 e. The minimum absolute atomic E-state index is 0.722. The SMILES string of the molecule is CCCCCOc1ccc(C=NNc2cc(N3CCCCC3)nc(C)n2)cc1. The van der Waals surface area contributed by atoms with Crippen molar-refractivity contribution >= 4 is 17.9 Å². The number of piperidine rings is 1. The number of aromatic nitrogens is 2. The van der Waals surface area contributed by atoms with Crippen molar-refractivity contribution in [3.05, 3.63) is 41.7 Å². The molecule has 0 unspecified atom stereocenters. The molecular formula is C22H31N5O. The number of nitrogens with one attached hydrogen (secondary N) is 1. The summed E-state index contributed by atoms with van der Waals surface area (Å²) in [5.41, 5.74) is 4.05. The highest BCUT2D eigenvalue weighted by atomic mass is 16.5. The van der Waals surface area contributed by atoms with Crippen LogP contribution in [0, 0.1) is 6.92 Å². The van der Waals surface area contributed by atoms with Gasteiger partial charge in [-0.2, -0.15) is 5.10 Å². The van der Waals surface area contributed by atoms with Crippen molar-refractivity contribution in [2.75, 3.05) is 30.0 Å². The van der Waals surface area contributed by atoms with Crippen LogP contribution in [0.4, 0.5) is 11.6 Å². The van der Waals surface area contributed by atoms with Gasteiger partial charge in [-0.25, -0.2) is 9.97 Å². The van der Waals surface area contributed by atoms with Crippen molar-refractivity contribution in [2.45, 2.75) is 52.4 Å². The third-order valence-electron chi connectivity index (χ3n) is 4.79. The average Bonchev–Trinajstić information content (AvgIpc) is 2.73. The van der Waals surface area contributed by atoms with Crippen LogP contribution >= 0.6 is 0 Å². The van der Waals surface area contributed by atoms with Crippen molar-refractivity contribution in [3.8, 4) is 5.75 Å². The minimum atomic E-state index is 0.722. The lowest BCUT2D eigenvalue weighted by Crippen LogP contribution is -2.30. The Morgan fingerprint density at radius 3 is 2.64 bits per heavy atom. The number of aryl methyl sites for hydroxylation is 1. The van der Waals surface area contributed by atoms with E-state index in [0.29, 0.717) is 0 Å². The zero-order valence-corrected chi connectivity index (χ0v) is 17.0. The van der Waals surface area contributed by atoms with Gasteiger partial charge in [0.1, 0.15) is 17.4 Å². The Morgan fingerprint density at radius 2 is 1.89 bits per heavy atom. The molecular weight excluding hydrogens is 350 g/mol. The predicted molar refractivity (Wildman–Crippen MR) is 116 cm³/mol. The van der Waals surface area contributed by atoms with Crippen molar-refractivity contribution in [2.24, 2.45) is 5.10 Å². The topological polar surface area (TPSA) is 62.6 Å². The zero-order chi connectivity index (χ0) is 19.6. The maximum absolute atomic E-state index is 5.74. The van der Waals surface area contributed by atoms with Crippen LogP contribution in [0.1, 0.15) is 56.8 Å².